The maximum atomic E-state index is 13.2. The van der Waals surface area contributed by atoms with Crippen molar-refractivity contribution >= 4 is 22.5 Å². The number of hydrogen-bond donors (Lipinski definition) is 0. The van der Waals surface area contributed by atoms with Crippen LogP contribution in [0.1, 0.15) is 52.9 Å². The lowest BCUT2D eigenvalue weighted by Gasteiger charge is -2.28. The van der Waals surface area contributed by atoms with E-state index in [9.17, 15) is 4.79 Å². The molecule has 1 saturated carbocycles. The Morgan fingerprint density at radius 1 is 1.24 bits per heavy atom. The van der Waals surface area contributed by atoms with Gasteiger partial charge in [-0.3, -0.25) is 4.79 Å². The highest BCUT2D eigenvalue weighted by molar-refractivity contribution is 5.92. The van der Waals surface area contributed by atoms with Gasteiger partial charge in [0.2, 0.25) is 0 Å². The van der Waals surface area contributed by atoms with Crippen LogP contribution in [0.15, 0.2) is 41.0 Å². The quantitative estimate of drug-likeness (QED) is 0.526. The Morgan fingerprint density at radius 3 is 2.83 bits per heavy atom. The van der Waals surface area contributed by atoms with Gasteiger partial charge >= 0.3 is 0 Å². The zero-order valence-electron chi connectivity index (χ0n) is 16.6. The molecule has 0 N–H and O–H groups in total. The van der Waals surface area contributed by atoms with Crippen molar-refractivity contribution in [1.29, 1.82) is 0 Å². The Balaban J connectivity index is 1.62. The molecule has 1 fully saturated rings. The molecular formula is C22H23N5O2. The van der Waals surface area contributed by atoms with Gasteiger partial charge in [-0.1, -0.05) is 24.5 Å². The molecule has 4 aromatic rings. The van der Waals surface area contributed by atoms with Crippen LogP contribution >= 0.6 is 0 Å². The molecule has 1 aliphatic carbocycles. The average molecular weight is 389 g/mol. The van der Waals surface area contributed by atoms with Gasteiger partial charge in [-0.25, -0.2) is 0 Å². The van der Waals surface area contributed by atoms with Crippen molar-refractivity contribution in [2.45, 2.75) is 52.1 Å². The first-order valence-corrected chi connectivity index (χ1v) is 10.1. The molecule has 1 aromatic carbocycles. The van der Waals surface area contributed by atoms with Gasteiger partial charge in [0.1, 0.15) is 0 Å². The van der Waals surface area contributed by atoms with Crippen LogP contribution < -0.4 is 0 Å². The topological polar surface area (TPSA) is 76.5 Å². The number of pyridine rings is 1. The molecule has 0 saturated heterocycles. The van der Waals surface area contributed by atoms with Gasteiger partial charge in [0.15, 0.2) is 11.4 Å². The van der Waals surface area contributed by atoms with E-state index in [0.29, 0.717) is 18.0 Å². The van der Waals surface area contributed by atoms with E-state index < -0.39 is 0 Å². The zero-order chi connectivity index (χ0) is 20.0. The van der Waals surface area contributed by atoms with Crippen molar-refractivity contribution < 1.29 is 9.21 Å². The summed E-state index contributed by atoms with van der Waals surface area (Å²) in [5.41, 5.74) is 4.96. The van der Waals surface area contributed by atoms with Gasteiger partial charge in [0.25, 0.3) is 5.91 Å². The van der Waals surface area contributed by atoms with Crippen molar-refractivity contribution in [2.24, 2.45) is 0 Å². The third-order valence-electron chi connectivity index (χ3n) is 5.87. The number of furan rings is 1. The number of nitrogens with zero attached hydrogens (tertiary/aromatic N) is 5. The Hall–Kier alpha value is -3.22. The third kappa shape index (κ3) is 3.06. The van der Waals surface area contributed by atoms with Crippen molar-refractivity contribution in [3.8, 4) is 0 Å². The molecule has 0 atom stereocenters. The van der Waals surface area contributed by atoms with E-state index in [1.807, 2.05) is 4.90 Å². The predicted molar refractivity (Wildman–Crippen MR) is 109 cm³/mol. The van der Waals surface area contributed by atoms with Crippen molar-refractivity contribution in [2.75, 3.05) is 0 Å². The molecule has 0 aliphatic heterocycles. The second kappa shape index (κ2) is 6.99. The molecule has 0 spiro atoms. The minimum absolute atomic E-state index is 0.0759. The minimum Gasteiger partial charge on any atom is -0.459 e. The van der Waals surface area contributed by atoms with Crippen LogP contribution in [0, 0.1) is 13.8 Å². The lowest BCUT2D eigenvalue weighted by Crippen LogP contribution is -2.38. The van der Waals surface area contributed by atoms with Gasteiger partial charge in [-0.05, 0) is 66.9 Å². The smallest absolute Gasteiger partial charge is 0.290 e. The van der Waals surface area contributed by atoms with E-state index in [1.54, 1.807) is 22.9 Å². The maximum Gasteiger partial charge on any atom is 0.290 e. The van der Waals surface area contributed by atoms with Crippen LogP contribution in [0.3, 0.4) is 0 Å². The Morgan fingerprint density at radius 2 is 2.07 bits per heavy atom. The summed E-state index contributed by atoms with van der Waals surface area (Å²) >= 11 is 0. The summed E-state index contributed by atoms with van der Waals surface area (Å²) in [6.07, 6.45) is 5.86. The number of carbonyl (C=O) groups excluding carboxylic acids is 1. The summed E-state index contributed by atoms with van der Waals surface area (Å²) in [6, 6.07) is 10.1. The molecule has 29 heavy (non-hydrogen) atoms. The highest BCUT2D eigenvalue weighted by Gasteiger charge is 2.30. The average Bonchev–Trinajstić information content (AvgIpc) is 3.47. The number of hydrogen-bond acceptors (Lipinski definition) is 5. The Bertz CT molecular complexity index is 1190. The first kappa shape index (κ1) is 17.8. The van der Waals surface area contributed by atoms with E-state index in [4.69, 9.17) is 4.42 Å². The van der Waals surface area contributed by atoms with E-state index >= 15 is 0 Å². The maximum absolute atomic E-state index is 13.2. The van der Waals surface area contributed by atoms with Gasteiger partial charge < -0.3 is 9.32 Å². The number of tetrazole rings is 1. The monoisotopic (exact) mass is 389 g/mol. The highest BCUT2D eigenvalue weighted by atomic mass is 16.3. The molecule has 0 bridgehead atoms. The number of rotatable bonds is 4. The third-order valence-corrected chi connectivity index (χ3v) is 5.87. The van der Waals surface area contributed by atoms with Gasteiger partial charge in [-0.15, -0.1) is 5.10 Å². The number of aromatic nitrogens is 4. The first-order chi connectivity index (χ1) is 14.1. The molecule has 7 heteroatoms. The molecule has 5 rings (SSSR count). The minimum atomic E-state index is -0.0759. The van der Waals surface area contributed by atoms with Gasteiger partial charge in [0.05, 0.1) is 18.3 Å². The second-order valence-electron chi connectivity index (χ2n) is 7.95. The van der Waals surface area contributed by atoms with Crippen LogP contribution in [-0.2, 0) is 6.54 Å². The number of aryl methyl sites for hydroxylation is 2. The van der Waals surface area contributed by atoms with E-state index in [2.05, 4.69) is 47.6 Å². The summed E-state index contributed by atoms with van der Waals surface area (Å²) in [5.74, 6) is 0.299. The van der Waals surface area contributed by atoms with Crippen LogP contribution in [0.5, 0.6) is 0 Å². The molecule has 3 heterocycles. The molecule has 148 valence electrons. The van der Waals surface area contributed by atoms with Crippen LogP contribution in [0.4, 0.5) is 0 Å². The van der Waals surface area contributed by atoms with Gasteiger partial charge in [-0.2, -0.15) is 4.52 Å². The molecule has 7 nitrogen and oxygen atoms in total. The number of amides is 1. The molecule has 0 unspecified atom stereocenters. The second-order valence-corrected chi connectivity index (χ2v) is 7.95. The van der Waals surface area contributed by atoms with Crippen LogP contribution in [0.25, 0.3) is 16.6 Å². The summed E-state index contributed by atoms with van der Waals surface area (Å²) in [4.78, 5) is 15.2. The summed E-state index contributed by atoms with van der Waals surface area (Å²) in [7, 11) is 0. The summed E-state index contributed by atoms with van der Waals surface area (Å²) in [5, 5.41) is 13.5. The molecular weight excluding hydrogens is 366 g/mol. The normalized spacial score (nSPS) is 14.8. The van der Waals surface area contributed by atoms with Crippen molar-refractivity contribution in [1.82, 2.24) is 24.9 Å². The van der Waals surface area contributed by atoms with Crippen LogP contribution in [-0.4, -0.2) is 36.9 Å². The largest absolute Gasteiger partial charge is 0.459 e. The molecule has 1 amide bonds. The van der Waals surface area contributed by atoms with E-state index in [0.717, 1.165) is 47.7 Å². The molecule has 1 aliphatic rings. The van der Waals surface area contributed by atoms with E-state index in [1.165, 1.54) is 5.56 Å². The fraction of sp³-hybridized carbons (Fsp3) is 0.364. The standard InChI is InChI=1S/C22H23N5O2/c1-14-10-15(2)20-16(11-14)12-17(21-23-24-25-27(20)21)13-26(18-6-3-4-7-18)22(28)19-8-5-9-29-19/h5,8-12,18H,3-4,6-7,13H2,1-2H3. The number of carbonyl (C=O) groups is 1. The fourth-order valence-corrected chi connectivity index (χ4v) is 4.61. The van der Waals surface area contributed by atoms with Crippen molar-refractivity contribution in [3.63, 3.8) is 0 Å². The zero-order valence-corrected chi connectivity index (χ0v) is 16.6. The lowest BCUT2D eigenvalue weighted by atomic mass is 10.0. The molecule has 0 radical (unpaired) electrons. The SMILES string of the molecule is Cc1cc(C)c2c(c1)cc(CN(C(=O)c1ccco1)C1CCCC1)c1nnnn12. The first-order valence-electron chi connectivity index (χ1n) is 10.1. The Kier molecular flexibility index (Phi) is 4.30. The number of fused-ring (bicyclic) bond motifs is 3. The number of benzene rings is 1. The highest BCUT2D eigenvalue weighted by Crippen LogP contribution is 2.29. The van der Waals surface area contributed by atoms with E-state index in [-0.39, 0.29) is 11.9 Å². The van der Waals surface area contributed by atoms with Crippen LogP contribution in [0.2, 0.25) is 0 Å². The summed E-state index contributed by atoms with van der Waals surface area (Å²) in [6.45, 7) is 4.61. The van der Waals surface area contributed by atoms with Crippen molar-refractivity contribution in [3.05, 3.63) is 59.0 Å². The lowest BCUT2D eigenvalue weighted by molar-refractivity contribution is 0.0632. The summed E-state index contributed by atoms with van der Waals surface area (Å²) < 4.78 is 7.21. The fourth-order valence-electron chi connectivity index (χ4n) is 4.61. The van der Waals surface area contributed by atoms with Gasteiger partial charge in [0, 0.05) is 17.0 Å². The molecule has 3 aromatic heterocycles. The Labute approximate surface area is 168 Å². The predicted octanol–water partition coefficient (Wildman–Crippen LogP) is 4.07.